The third-order valence-corrected chi connectivity index (χ3v) is 3.32. The van der Waals surface area contributed by atoms with Crippen molar-refractivity contribution in [2.24, 2.45) is 0 Å². The Balaban J connectivity index is 2.19. The largest absolute Gasteiger partial charge is 0.427 e. The Labute approximate surface area is 123 Å². The predicted octanol–water partition coefficient (Wildman–Crippen LogP) is 3.59. The van der Waals surface area contributed by atoms with Crippen molar-refractivity contribution in [3.63, 3.8) is 0 Å². The SMILES string of the molecule is O=C(c1ccc(Cl)cc1)n1c(=O)oc2cc(Cl)ccc21. The molecule has 100 valence electrons. The quantitative estimate of drug-likeness (QED) is 0.690. The molecule has 0 spiro atoms. The molecule has 0 aliphatic carbocycles. The first-order valence-electron chi connectivity index (χ1n) is 5.67. The minimum atomic E-state index is -0.748. The second-order valence-corrected chi connectivity index (χ2v) is 5.00. The molecule has 6 heteroatoms. The molecule has 2 aromatic carbocycles. The Bertz CT molecular complexity index is 862. The van der Waals surface area contributed by atoms with Gasteiger partial charge < -0.3 is 4.42 Å². The molecular formula is C14H7Cl2NO3. The van der Waals surface area contributed by atoms with Crippen molar-refractivity contribution in [2.75, 3.05) is 0 Å². The summed E-state index contributed by atoms with van der Waals surface area (Å²) in [5, 5.41) is 0.940. The van der Waals surface area contributed by atoms with Gasteiger partial charge in [-0.1, -0.05) is 23.2 Å². The number of nitrogens with zero attached hydrogens (tertiary/aromatic N) is 1. The molecule has 0 amide bonds. The lowest BCUT2D eigenvalue weighted by Crippen LogP contribution is -2.23. The molecule has 3 rings (SSSR count). The van der Waals surface area contributed by atoms with E-state index in [0.717, 1.165) is 4.57 Å². The van der Waals surface area contributed by atoms with Crippen LogP contribution in [0.3, 0.4) is 0 Å². The van der Waals surface area contributed by atoms with Crippen molar-refractivity contribution in [1.29, 1.82) is 0 Å². The van der Waals surface area contributed by atoms with E-state index in [-0.39, 0.29) is 5.58 Å². The Kier molecular flexibility index (Phi) is 3.12. The van der Waals surface area contributed by atoms with Gasteiger partial charge in [0, 0.05) is 21.7 Å². The number of hydrogen-bond donors (Lipinski definition) is 0. The molecule has 0 unspecified atom stereocenters. The average molecular weight is 308 g/mol. The smallest absolute Gasteiger partial charge is 0.407 e. The Morgan fingerprint density at radius 2 is 1.65 bits per heavy atom. The van der Waals surface area contributed by atoms with Crippen LogP contribution >= 0.6 is 23.2 Å². The summed E-state index contributed by atoms with van der Waals surface area (Å²) in [4.78, 5) is 24.2. The first kappa shape index (κ1) is 13.0. The van der Waals surface area contributed by atoms with Crippen LogP contribution in [0.2, 0.25) is 10.0 Å². The molecule has 0 bridgehead atoms. The van der Waals surface area contributed by atoms with E-state index in [4.69, 9.17) is 27.6 Å². The molecule has 20 heavy (non-hydrogen) atoms. The topological polar surface area (TPSA) is 52.2 Å². The molecule has 0 aliphatic heterocycles. The lowest BCUT2D eigenvalue weighted by molar-refractivity contribution is 0.0956. The number of fused-ring (bicyclic) bond motifs is 1. The molecule has 3 aromatic rings. The van der Waals surface area contributed by atoms with Crippen molar-refractivity contribution in [3.8, 4) is 0 Å². The van der Waals surface area contributed by atoms with Crippen LogP contribution in [0.5, 0.6) is 0 Å². The second-order valence-electron chi connectivity index (χ2n) is 4.13. The van der Waals surface area contributed by atoms with Gasteiger partial charge in [0.15, 0.2) is 5.58 Å². The van der Waals surface area contributed by atoms with Crippen LogP contribution in [0.4, 0.5) is 0 Å². The summed E-state index contributed by atoms with van der Waals surface area (Å²) in [6, 6.07) is 10.9. The van der Waals surface area contributed by atoms with Gasteiger partial charge in [0.05, 0.1) is 5.52 Å². The maximum absolute atomic E-state index is 12.4. The van der Waals surface area contributed by atoms with Gasteiger partial charge in [0.25, 0.3) is 5.91 Å². The highest BCUT2D eigenvalue weighted by Crippen LogP contribution is 2.19. The molecule has 0 aliphatic rings. The van der Waals surface area contributed by atoms with E-state index in [1.54, 1.807) is 36.4 Å². The van der Waals surface area contributed by atoms with Crippen LogP contribution in [0.1, 0.15) is 10.4 Å². The summed E-state index contributed by atoms with van der Waals surface area (Å²) in [6.07, 6.45) is 0. The molecular weight excluding hydrogens is 301 g/mol. The number of halogens is 2. The Hall–Kier alpha value is -2.04. The molecule has 1 heterocycles. The van der Waals surface area contributed by atoms with E-state index >= 15 is 0 Å². The maximum Gasteiger partial charge on any atom is 0.427 e. The molecule has 0 fully saturated rings. The van der Waals surface area contributed by atoms with E-state index in [1.807, 2.05) is 0 Å². The Morgan fingerprint density at radius 1 is 1.00 bits per heavy atom. The molecule has 4 nitrogen and oxygen atoms in total. The molecule has 0 radical (unpaired) electrons. The first-order chi connectivity index (χ1) is 9.56. The second kappa shape index (κ2) is 4.81. The maximum atomic E-state index is 12.4. The lowest BCUT2D eigenvalue weighted by atomic mass is 10.2. The molecule has 0 N–H and O–H groups in total. The van der Waals surface area contributed by atoms with E-state index in [2.05, 4.69) is 0 Å². The fraction of sp³-hybridized carbons (Fsp3) is 0. The van der Waals surface area contributed by atoms with Crippen LogP contribution in [-0.2, 0) is 0 Å². The zero-order valence-electron chi connectivity index (χ0n) is 9.97. The van der Waals surface area contributed by atoms with Crippen molar-refractivity contribution < 1.29 is 9.21 Å². The van der Waals surface area contributed by atoms with Gasteiger partial charge in [0.2, 0.25) is 0 Å². The van der Waals surface area contributed by atoms with Crippen molar-refractivity contribution in [1.82, 2.24) is 4.57 Å². The number of benzene rings is 2. The third kappa shape index (κ3) is 2.13. The predicted molar refractivity (Wildman–Crippen MR) is 76.7 cm³/mol. The van der Waals surface area contributed by atoms with Crippen molar-refractivity contribution >= 4 is 40.2 Å². The highest BCUT2D eigenvalue weighted by atomic mass is 35.5. The number of rotatable bonds is 1. The fourth-order valence-corrected chi connectivity index (χ4v) is 2.19. The summed E-state index contributed by atoms with van der Waals surface area (Å²) in [5.74, 6) is -1.23. The first-order valence-corrected chi connectivity index (χ1v) is 6.43. The minimum Gasteiger partial charge on any atom is -0.407 e. The number of oxazole rings is 1. The van der Waals surface area contributed by atoms with Gasteiger partial charge in [0.1, 0.15) is 0 Å². The van der Waals surface area contributed by atoms with Crippen molar-refractivity contribution in [3.05, 3.63) is 68.6 Å². The van der Waals surface area contributed by atoms with Crippen LogP contribution in [0.25, 0.3) is 11.1 Å². The van der Waals surface area contributed by atoms with E-state index in [1.165, 1.54) is 6.07 Å². The summed E-state index contributed by atoms with van der Waals surface area (Å²) in [7, 11) is 0. The van der Waals surface area contributed by atoms with Gasteiger partial charge in [-0.25, -0.2) is 9.36 Å². The molecule has 0 saturated carbocycles. The molecule has 1 aromatic heterocycles. The van der Waals surface area contributed by atoms with Crippen LogP contribution in [0, 0.1) is 0 Å². The summed E-state index contributed by atoms with van der Waals surface area (Å²) < 4.78 is 5.99. The summed E-state index contributed by atoms with van der Waals surface area (Å²) >= 11 is 11.6. The van der Waals surface area contributed by atoms with E-state index in [9.17, 15) is 9.59 Å². The fourth-order valence-electron chi connectivity index (χ4n) is 1.91. The number of carbonyl (C=O) groups is 1. The van der Waals surface area contributed by atoms with Gasteiger partial charge in [-0.05, 0) is 36.4 Å². The lowest BCUT2D eigenvalue weighted by Gasteiger charge is -2.01. The van der Waals surface area contributed by atoms with E-state index < -0.39 is 11.7 Å². The van der Waals surface area contributed by atoms with Crippen LogP contribution < -0.4 is 5.76 Å². The van der Waals surface area contributed by atoms with Gasteiger partial charge in [-0.15, -0.1) is 0 Å². The summed E-state index contributed by atoms with van der Waals surface area (Å²) in [6.45, 7) is 0. The third-order valence-electron chi connectivity index (χ3n) is 2.84. The average Bonchev–Trinajstić information content (AvgIpc) is 2.73. The normalized spacial score (nSPS) is 10.9. The van der Waals surface area contributed by atoms with Crippen LogP contribution in [0.15, 0.2) is 51.7 Å². The van der Waals surface area contributed by atoms with Gasteiger partial charge >= 0.3 is 5.76 Å². The summed E-state index contributed by atoms with van der Waals surface area (Å²) in [5.41, 5.74) is 0.985. The minimum absolute atomic E-state index is 0.268. The van der Waals surface area contributed by atoms with Crippen LogP contribution in [-0.4, -0.2) is 10.5 Å². The molecule has 0 atom stereocenters. The standard InChI is InChI=1S/C14H7Cl2NO3/c15-9-3-1-8(2-4-9)13(18)17-11-6-5-10(16)7-12(11)20-14(17)19/h1-7H. The number of carbonyl (C=O) groups excluding carboxylic acids is 1. The highest BCUT2D eigenvalue weighted by molar-refractivity contribution is 6.31. The zero-order chi connectivity index (χ0) is 14.3. The monoisotopic (exact) mass is 307 g/mol. The highest BCUT2D eigenvalue weighted by Gasteiger charge is 2.17. The molecule has 0 saturated heterocycles. The number of aromatic nitrogens is 1. The van der Waals surface area contributed by atoms with Gasteiger partial charge in [-0.2, -0.15) is 0 Å². The van der Waals surface area contributed by atoms with Gasteiger partial charge in [-0.3, -0.25) is 4.79 Å². The van der Waals surface area contributed by atoms with E-state index in [0.29, 0.717) is 21.1 Å². The van der Waals surface area contributed by atoms with Crippen molar-refractivity contribution in [2.45, 2.75) is 0 Å². The zero-order valence-corrected chi connectivity index (χ0v) is 11.5. The number of hydrogen-bond acceptors (Lipinski definition) is 3. The Morgan fingerprint density at radius 3 is 2.35 bits per heavy atom.